The molecule has 0 heterocycles. The highest BCUT2D eigenvalue weighted by Crippen LogP contribution is 2.31. The zero-order valence-electron chi connectivity index (χ0n) is 12.4. The average Bonchev–Trinajstić information content (AvgIpc) is 2.53. The molecule has 0 fully saturated rings. The van der Waals surface area contributed by atoms with Gasteiger partial charge in [-0.15, -0.1) is 0 Å². The second-order valence-corrected chi connectivity index (χ2v) is 6.44. The highest BCUT2D eigenvalue weighted by atomic mass is 32.2. The number of halogens is 3. The van der Waals surface area contributed by atoms with Crippen LogP contribution in [0.3, 0.4) is 0 Å². The Kier molecular flexibility index (Phi) is 4.83. The first-order valence-corrected chi connectivity index (χ1v) is 8.14. The van der Waals surface area contributed by atoms with Crippen molar-refractivity contribution in [2.75, 3.05) is 11.8 Å². The predicted molar refractivity (Wildman–Crippen MR) is 82.1 cm³/mol. The molecule has 0 saturated heterocycles. The zero-order valence-corrected chi connectivity index (χ0v) is 13.2. The van der Waals surface area contributed by atoms with Crippen LogP contribution in [0.2, 0.25) is 0 Å². The smallest absolute Gasteiger partial charge is 0.355 e. The van der Waals surface area contributed by atoms with E-state index in [-0.39, 0.29) is 11.3 Å². The lowest BCUT2D eigenvalue weighted by atomic mass is 10.2. The van der Waals surface area contributed by atoms with Crippen LogP contribution in [-0.2, 0) is 16.2 Å². The summed E-state index contributed by atoms with van der Waals surface area (Å²) in [6, 6.07) is 9.12. The first kappa shape index (κ1) is 17.8. The summed E-state index contributed by atoms with van der Waals surface area (Å²) in [6.45, 7) is 0. The number of hydrogen-bond acceptors (Lipinski definition) is 3. The van der Waals surface area contributed by atoms with E-state index in [0.29, 0.717) is 6.07 Å². The van der Waals surface area contributed by atoms with Crippen molar-refractivity contribution in [3.05, 3.63) is 59.7 Å². The Morgan fingerprint density at radius 2 is 1.71 bits per heavy atom. The molecule has 0 aliphatic carbocycles. The lowest BCUT2D eigenvalue weighted by Gasteiger charge is -2.13. The third kappa shape index (κ3) is 3.85. The Balaban J connectivity index is 2.42. The van der Waals surface area contributed by atoms with Gasteiger partial charge in [0.1, 0.15) is 0 Å². The van der Waals surface area contributed by atoms with Gasteiger partial charge in [0.15, 0.2) is 0 Å². The average molecular weight is 358 g/mol. The highest BCUT2D eigenvalue weighted by molar-refractivity contribution is 7.92. The van der Waals surface area contributed by atoms with Crippen LogP contribution in [0.15, 0.2) is 53.4 Å². The van der Waals surface area contributed by atoms with Gasteiger partial charge in [-0.05, 0) is 30.3 Å². The quantitative estimate of drug-likeness (QED) is 0.883. The second-order valence-electron chi connectivity index (χ2n) is 4.76. The lowest BCUT2D eigenvalue weighted by Crippen LogP contribution is -2.21. The van der Waals surface area contributed by atoms with E-state index in [1.165, 1.54) is 31.3 Å². The zero-order chi connectivity index (χ0) is 18.0. The Bertz CT molecular complexity index is 864. The van der Waals surface area contributed by atoms with Crippen molar-refractivity contribution in [1.82, 2.24) is 5.32 Å². The van der Waals surface area contributed by atoms with Gasteiger partial charge in [0.2, 0.25) is 0 Å². The third-order valence-corrected chi connectivity index (χ3v) is 4.48. The normalized spacial score (nSPS) is 11.8. The van der Waals surface area contributed by atoms with E-state index in [1.807, 2.05) is 0 Å². The van der Waals surface area contributed by atoms with Crippen molar-refractivity contribution < 1.29 is 26.4 Å². The molecule has 0 bridgehead atoms. The fourth-order valence-electron chi connectivity index (χ4n) is 1.95. The molecule has 24 heavy (non-hydrogen) atoms. The Morgan fingerprint density at radius 3 is 2.33 bits per heavy atom. The number of sulfonamides is 1. The van der Waals surface area contributed by atoms with Crippen LogP contribution in [0.4, 0.5) is 18.9 Å². The first-order valence-electron chi connectivity index (χ1n) is 6.66. The molecule has 128 valence electrons. The van der Waals surface area contributed by atoms with Crippen LogP contribution in [0.5, 0.6) is 0 Å². The van der Waals surface area contributed by atoms with Crippen LogP contribution in [0, 0.1) is 0 Å². The van der Waals surface area contributed by atoms with Gasteiger partial charge in [-0.25, -0.2) is 8.42 Å². The summed E-state index contributed by atoms with van der Waals surface area (Å²) in [5.41, 5.74) is -1.06. The van der Waals surface area contributed by atoms with E-state index >= 15 is 0 Å². The molecule has 0 aromatic heterocycles. The van der Waals surface area contributed by atoms with Crippen LogP contribution >= 0.6 is 0 Å². The third-order valence-electron chi connectivity index (χ3n) is 3.11. The minimum Gasteiger partial charge on any atom is -0.355 e. The fraction of sp³-hybridized carbons (Fsp3) is 0.133. The number of hydrogen-bond donors (Lipinski definition) is 2. The molecule has 1 amide bonds. The van der Waals surface area contributed by atoms with E-state index in [9.17, 15) is 26.4 Å². The summed E-state index contributed by atoms with van der Waals surface area (Å²) in [5, 5.41) is 2.35. The predicted octanol–water partition coefficient (Wildman–Crippen LogP) is 2.87. The van der Waals surface area contributed by atoms with Gasteiger partial charge < -0.3 is 5.32 Å². The molecule has 0 aliphatic rings. The molecule has 5 nitrogen and oxygen atoms in total. The minimum atomic E-state index is -4.66. The second kappa shape index (κ2) is 6.52. The number of anilines is 1. The summed E-state index contributed by atoms with van der Waals surface area (Å²) in [7, 11) is -2.91. The van der Waals surface area contributed by atoms with E-state index in [1.54, 1.807) is 0 Å². The maximum absolute atomic E-state index is 12.7. The number of nitrogens with one attached hydrogen (secondary N) is 2. The molecule has 2 N–H and O–H groups in total. The van der Waals surface area contributed by atoms with Gasteiger partial charge in [0, 0.05) is 7.05 Å². The number of benzene rings is 2. The first-order chi connectivity index (χ1) is 11.1. The molecule has 2 rings (SSSR count). The molecule has 9 heteroatoms. The van der Waals surface area contributed by atoms with E-state index < -0.39 is 32.6 Å². The van der Waals surface area contributed by atoms with Crippen molar-refractivity contribution in [1.29, 1.82) is 0 Å². The SMILES string of the molecule is CNC(=O)c1ccccc1NS(=O)(=O)c1cccc(C(F)(F)F)c1. The Labute approximate surface area is 136 Å². The molecule has 0 radical (unpaired) electrons. The van der Waals surface area contributed by atoms with Gasteiger partial charge in [-0.2, -0.15) is 13.2 Å². The maximum Gasteiger partial charge on any atom is 0.416 e. The minimum absolute atomic E-state index is 0.0331. The van der Waals surface area contributed by atoms with Crippen LogP contribution in [-0.4, -0.2) is 21.4 Å². The molecule has 0 aliphatic heterocycles. The van der Waals surface area contributed by atoms with Crippen molar-refractivity contribution in [3.63, 3.8) is 0 Å². The van der Waals surface area contributed by atoms with Gasteiger partial charge >= 0.3 is 6.18 Å². The summed E-state index contributed by atoms with van der Waals surface area (Å²) in [6.07, 6.45) is -4.66. The van der Waals surface area contributed by atoms with E-state index in [2.05, 4.69) is 10.0 Å². The summed E-state index contributed by atoms with van der Waals surface area (Å²) < 4.78 is 65.0. The number of para-hydroxylation sites is 1. The Hall–Kier alpha value is -2.55. The summed E-state index contributed by atoms with van der Waals surface area (Å²) in [5.74, 6) is -0.530. The molecule has 0 unspecified atom stereocenters. The topological polar surface area (TPSA) is 75.3 Å². The van der Waals surface area contributed by atoms with Crippen LogP contribution in [0.1, 0.15) is 15.9 Å². The van der Waals surface area contributed by atoms with E-state index in [0.717, 1.165) is 18.2 Å². The number of carbonyl (C=O) groups excluding carboxylic acids is 1. The van der Waals surface area contributed by atoms with Gasteiger partial charge in [-0.3, -0.25) is 9.52 Å². The summed E-state index contributed by atoms with van der Waals surface area (Å²) in [4.78, 5) is 11.2. The van der Waals surface area contributed by atoms with Gasteiger partial charge in [-0.1, -0.05) is 18.2 Å². The standard InChI is InChI=1S/C15H13F3N2O3S/c1-19-14(21)12-7-2-3-8-13(12)20-24(22,23)11-6-4-5-10(9-11)15(16,17)18/h2-9,20H,1H3,(H,19,21). The number of carbonyl (C=O) groups is 1. The van der Waals surface area contributed by atoms with Gasteiger partial charge in [0.25, 0.3) is 15.9 Å². The number of amides is 1. The number of rotatable bonds is 4. The van der Waals surface area contributed by atoms with E-state index in [4.69, 9.17) is 0 Å². The molecule has 0 saturated carbocycles. The Morgan fingerprint density at radius 1 is 1.04 bits per heavy atom. The highest BCUT2D eigenvalue weighted by Gasteiger charge is 2.31. The lowest BCUT2D eigenvalue weighted by molar-refractivity contribution is -0.137. The monoisotopic (exact) mass is 358 g/mol. The number of alkyl halides is 3. The molecule has 2 aromatic carbocycles. The fourth-order valence-corrected chi connectivity index (χ4v) is 3.07. The summed E-state index contributed by atoms with van der Waals surface area (Å²) >= 11 is 0. The molecular formula is C15H13F3N2O3S. The van der Waals surface area contributed by atoms with Crippen molar-refractivity contribution in [2.24, 2.45) is 0 Å². The molecule has 0 spiro atoms. The molecule has 0 atom stereocenters. The molecular weight excluding hydrogens is 345 g/mol. The largest absolute Gasteiger partial charge is 0.416 e. The van der Waals surface area contributed by atoms with Gasteiger partial charge in [0.05, 0.1) is 21.7 Å². The van der Waals surface area contributed by atoms with Crippen molar-refractivity contribution in [2.45, 2.75) is 11.1 Å². The van der Waals surface area contributed by atoms with Crippen LogP contribution < -0.4 is 10.0 Å². The van der Waals surface area contributed by atoms with Crippen LogP contribution in [0.25, 0.3) is 0 Å². The van der Waals surface area contributed by atoms with Crippen molar-refractivity contribution in [3.8, 4) is 0 Å². The van der Waals surface area contributed by atoms with Crippen molar-refractivity contribution >= 4 is 21.6 Å². The maximum atomic E-state index is 12.7. The molecule has 2 aromatic rings.